The predicted octanol–water partition coefficient (Wildman–Crippen LogP) is 2.67. The Kier molecular flexibility index (Phi) is 3.79. The molecule has 7 heteroatoms. The minimum atomic E-state index is -0.00144. The summed E-state index contributed by atoms with van der Waals surface area (Å²) in [6, 6.07) is 8.15. The predicted molar refractivity (Wildman–Crippen MR) is 105 cm³/mol. The number of hydrogen-bond donors (Lipinski definition) is 2. The van der Waals surface area contributed by atoms with E-state index in [1.54, 1.807) is 0 Å². The number of ether oxygens (including phenoxy) is 1. The summed E-state index contributed by atoms with van der Waals surface area (Å²) in [6.07, 6.45) is 2.23. The number of H-pyrrole nitrogens is 1. The maximum atomic E-state index is 6.13. The van der Waals surface area contributed by atoms with Gasteiger partial charge in [-0.1, -0.05) is 0 Å². The first kappa shape index (κ1) is 16.5. The number of anilines is 1. The summed E-state index contributed by atoms with van der Waals surface area (Å²) in [5.74, 6) is 2.61. The van der Waals surface area contributed by atoms with Crippen LogP contribution in [0.5, 0.6) is 5.75 Å². The minimum Gasteiger partial charge on any atom is -0.488 e. The highest BCUT2D eigenvalue weighted by Gasteiger charge is 2.40. The molecule has 0 bridgehead atoms. The number of rotatable bonds is 4. The lowest BCUT2D eigenvalue weighted by molar-refractivity contribution is 0.200. The van der Waals surface area contributed by atoms with Gasteiger partial charge in [-0.15, -0.1) is 0 Å². The van der Waals surface area contributed by atoms with Gasteiger partial charge in [-0.2, -0.15) is 5.10 Å². The van der Waals surface area contributed by atoms with Gasteiger partial charge in [0.25, 0.3) is 0 Å². The van der Waals surface area contributed by atoms with E-state index in [-0.39, 0.29) is 5.60 Å². The largest absolute Gasteiger partial charge is 0.488 e. The Bertz CT molecular complexity index is 987. The van der Waals surface area contributed by atoms with E-state index in [0.29, 0.717) is 0 Å². The van der Waals surface area contributed by atoms with Crippen molar-refractivity contribution in [1.29, 1.82) is 0 Å². The van der Waals surface area contributed by atoms with Crippen LogP contribution in [0.25, 0.3) is 22.3 Å². The van der Waals surface area contributed by atoms with Gasteiger partial charge < -0.3 is 15.0 Å². The van der Waals surface area contributed by atoms with Crippen LogP contribution in [0.4, 0.5) is 5.82 Å². The van der Waals surface area contributed by atoms with Crippen LogP contribution in [-0.4, -0.2) is 51.9 Å². The SMILES string of the molecule is Cc1nc(-c2n[nH]c3ccc(OC4(C)CC4)cc23)cc(N2CCNCC2)n1. The van der Waals surface area contributed by atoms with Crippen LogP contribution < -0.4 is 15.0 Å². The second-order valence-electron chi connectivity index (χ2n) is 7.73. The number of nitrogens with one attached hydrogen (secondary N) is 2. The van der Waals surface area contributed by atoms with E-state index in [2.05, 4.69) is 43.4 Å². The molecule has 0 atom stereocenters. The smallest absolute Gasteiger partial charge is 0.133 e. The zero-order valence-corrected chi connectivity index (χ0v) is 15.7. The molecule has 2 fully saturated rings. The maximum Gasteiger partial charge on any atom is 0.133 e. The number of nitrogens with zero attached hydrogens (tertiary/aromatic N) is 4. The summed E-state index contributed by atoms with van der Waals surface area (Å²) in [5, 5.41) is 12.1. The molecular weight excluding hydrogens is 340 g/mol. The first-order valence-corrected chi connectivity index (χ1v) is 9.59. The molecule has 1 saturated heterocycles. The molecule has 2 aromatic heterocycles. The molecule has 0 radical (unpaired) electrons. The molecule has 0 spiro atoms. The van der Waals surface area contributed by atoms with Crippen molar-refractivity contribution in [3.05, 3.63) is 30.1 Å². The molecule has 2 aliphatic rings. The van der Waals surface area contributed by atoms with Crippen molar-refractivity contribution in [2.24, 2.45) is 0 Å². The Labute approximate surface area is 158 Å². The van der Waals surface area contributed by atoms with E-state index in [4.69, 9.17) is 4.74 Å². The molecule has 5 rings (SSSR count). The quantitative estimate of drug-likeness (QED) is 0.741. The molecule has 1 aromatic carbocycles. The molecule has 1 saturated carbocycles. The Hall–Kier alpha value is -2.67. The van der Waals surface area contributed by atoms with Gasteiger partial charge in [0.15, 0.2) is 0 Å². The molecule has 3 heterocycles. The molecule has 0 amide bonds. The van der Waals surface area contributed by atoms with Crippen molar-refractivity contribution in [2.75, 3.05) is 31.1 Å². The lowest BCUT2D eigenvalue weighted by atomic mass is 10.1. The third-order valence-electron chi connectivity index (χ3n) is 5.36. The van der Waals surface area contributed by atoms with Crippen molar-refractivity contribution >= 4 is 16.7 Å². The van der Waals surface area contributed by atoms with E-state index in [9.17, 15) is 0 Å². The summed E-state index contributed by atoms with van der Waals surface area (Å²) in [4.78, 5) is 11.6. The van der Waals surface area contributed by atoms with Crippen molar-refractivity contribution in [3.8, 4) is 17.1 Å². The van der Waals surface area contributed by atoms with Crippen molar-refractivity contribution in [1.82, 2.24) is 25.5 Å². The fraction of sp³-hybridized carbons (Fsp3) is 0.450. The van der Waals surface area contributed by atoms with E-state index >= 15 is 0 Å². The average molecular weight is 364 g/mol. The number of fused-ring (bicyclic) bond motifs is 1. The van der Waals surface area contributed by atoms with Gasteiger partial charge in [-0.05, 0) is 44.9 Å². The number of piperazine rings is 1. The van der Waals surface area contributed by atoms with Crippen LogP contribution in [-0.2, 0) is 0 Å². The molecule has 2 N–H and O–H groups in total. The van der Waals surface area contributed by atoms with Crippen LogP contribution in [0.2, 0.25) is 0 Å². The fourth-order valence-electron chi connectivity index (χ4n) is 3.54. The lowest BCUT2D eigenvalue weighted by Crippen LogP contribution is -2.44. The Morgan fingerprint density at radius 1 is 1.11 bits per heavy atom. The van der Waals surface area contributed by atoms with E-state index in [1.807, 2.05) is 25.1 Å². The normalized spacial score (nSPS) is 18.7. The van der Waals surface area contributed by atoms with Crippen LogP contribution in [0.15, 0.2) is 24.3 Å². The zero-order valence-electron chi connectivity index (χ0n) is 15.7. The fourth-order valence-corrected chi connectivity index (χ4v) is 3.54. The minimum absolute atomic E-state index is 0.00144. The number of hydrogen-bond acceptors (Lipinski definition) is 6. The summed E-state index contributed by atoms with van der Waals surface area (Å²) in [5.41, 5.74) is 2.67. The van der Waals surface area contributed by atoms with E-state index < -0.39 is 0 Å². The van der Waals surface area contributed by atoms with E-state index in [0.717, 1.165) is 78.7 Å². The molecule has 0 unspecified atom stereocenters. The zero-order chi connectivity index (χ0) is 18.4. The van der Waals surface area contributed by atoms with Crippen molar-refractivity contribution < 1.29 is 4.74 Å². The van der Waals surface area contributed by atoms with Gasteiger partial charge in [0.1, 0.15) is 28.7 Å². The highest BCUT2D eigenvalue weighted by Crippen LogP contribution is 2.40. The average Bonchev–Trinajstić information content (AvgIpc) is 3.25. The van der Waals surface area contributed by atoms with Gasteiger partial charge in [0, 0.05) is 37.6 Å². The molecule has 7 nitrogen and oxygen atoms in total. The number of benzene rings is 1. The molecular formula is C20H24N6O. The lowest BCUT2D eigenvalue weighted by Gasteiger charge is -2.28. The summed E-state index contributed by atoms with van der Waals surface area (Å²) >= 11 is 0. The molecule has 1 aliphatic heterocycles. The Morgan fingerprint density at radius 3 is 2.70 bits per heavy atom. The van der Waals surface area contributed by atoms with E-state index in [1.165, 1.54) is 0 Å². The second-order valence-corrected chi connectivity index (χ2v) is 7.73. The van der Waals surface area contributed by atoms with Crippen LogP contribution in [0, 0.1) is 6.92 Å². The standard InChI is InChI=1S/C20H24N6O/c1-13-22-17(12-18(23-13)26-9-7-21-8-10-26)19-15-11-14(27-20(2)5-6-20)3-4-16(15)24-25-19/h3-4,11-12,21H,5-10H2,1-2H3,(H,24,25). The van der Waals surface area contributed by atoms with Gasteiger partial charge in [-0.25, -0.2) is 9.97 Å². The topological polar surface area (TPSA) is 79.0 Å². The first-order chi connectivity index (χ1) is 13.1. The van der Waals surface area contributed by atoms with Crippen LogP contribution in [0.3, 0.4) is 0 Å². The van der Waals surface area contributed by atoms with Gasteiger partial charge in [0.05, 0.1) is 11.2 Å². The third-order valence-corrected chi connectivity index (χ3v) is 5.36. The van der Waals surface area contributed by atoms with Crippen molar-refractivity contribution in [3.63, 3.8) is 0 Å². The summed E-state index contributed by atoms with van der Waals surface area (Å²) < 4.78 is 6.13. The van der Waals surface area contributed by atoms with Gasteiger partial charge in [0.2, 0.25) is 0 Å². The second kappa shape index (κ2) is 6.20. The first-order valence-electron chi connectivity index (χ1n) is 9.59. The third kappa shape index (κ3) is 3.23. The highest BCUT2D eigenvalue weighted by atomic mass is 16.5. The Morgan fingerprint density at radius 2 is 1.93 bits per heavy atom. The molecule has 3 aromatic rings. The number of aromatic amines is 1. The van der Waals surface area contributed by atoms with Gasteiger partial charge in [-0.3, -0.25) is 5.10 Å². The number of aryl methyl sites for hydroxylation is 1. The van der Waals surface area contributed by atoms with Gasteiger partial charge >= 0.3 is 0 Å². The highest BCUT2D eigenvalue weighted by molar-refractivity contribution is 5.93. The van der Waals surface area contributed by atoms with Crippen molar-refractivity contribution in [2.45, 2.75) is 32.3 Å². The molecule has 27 heavy (non-hydrogen) atoms. The maximum absolute atomic E-state index is 6.13. The summed E-state index contributed by atoms with van der Waals surface area (Å²) in [7, 11) is 0. The molecule has 140 valence electrons. The van der Waals surface area contributed by atoms with Crippen LogP contribution >= 0.6 is 0 Å². The monoisotopic (exact) mass is 364 g/mol. The summed E-state index contributed by atoms with van der Waals surface area (Å²) in [6.45, 7) is 7.95. The molecule has 1 aliphatic carbocycles. The number of aromatic nitrogens is 4. The van der Waals surface area contributed by atoms with Crippen LogP contribution in [0.1, 0.15) is 25.6 Å². The Balaban J connectivity index is 1.54.